The second-order valence-corrected chi connectivity index (χ2v) is 6.58. The van der Waals surface area contributed by atoms with Gasteiger partial charge in [0.25, 0.3) is 0 Å². The molecule has 20 heavy (non-hydrogen) atoms. The van der Waals surface area contributed by atoms with Crippen molar-refractivity contribution >= 4 is 27.8 Å². The predicted octanol–water partition coefficient (Wildman–Crippen LogP) is 3.43. The first-order valence-electron chi connectivity index (χ1n) is 6.15. The lowest BCUT2D eigenvalue weighted by Crippen LogP contribution is -1.90. The van der Waals surface area contributed by atoms with Gasteiger partial charge in [0.2, 0.25) is 5.13 Å². The number of anilines is 1. The largest absolute Gasteiger partial charge is 0.374 e. The quantitative estimate of drug-likeness (QED) is 0.802. The van der Waals surface area contributed by atoms with Crippen molar-refractivity contribution in [3.8, 4) is 20.5 Å². The molecule has 102 valence electrons. The third kappa shape index (κ3) is 2.41. The average molecular weight is 303 g/mol. The van der Waals surface area contributed by atoms with Gasteiger partial charge in [-0.2, -0.15) is 0 Å². The number of hydrogen-bond donors (Lipinski definition) is 1. The molecule has 7 heteroatoms. The Kier molecular flexibility index (Phi) is 3.45. The molecule has 2 N–H and O–H groups in total. The number of rotatable bonds is 3. The van der Waals surface area contributed by atoms with E-state index < -0.39 is 0 Å². The van der Waals surface area contributed by atoms with Crippen molar-refractivity contribution in [1.29, 1.82) is 0 Å². The number of aromatic nitrogens is 4. The van der Waals surface area contributed by atoms with Gasteiger partial charge in [-0.15, -0.1) is 21.5 Å². The zero-order valence-electron chi connectivity index (χ0n) is 11.1. The van der Waals surface area contributed by atoms with Gasteiger partial charge < -0.3 is 5.73 Å². The van der Waals surface area contributed by atoms with Crippen LogP contribution in [0.2, 0.25) is 0 Å². The zero-order chi connectivity index (χ0) is 14.1. The number of nitrogens with zero attached hydrogens (tertiary/aromatic N) is 4. The SMILES string of the molecule is CC(C)c1nc(-c2cccnc2)sc1-c1nnc(N)s1. The molecule has 3 aromatic rings. The van der Waals surface area contributed by atoms with Crippen LogP contribution < -0.4 is 5.73 Å². The summed E-state index contributed by atoms with van der Waals surface area (Å²) < 4.78 is 0. The van der Waals surface area contributed by atoms with Crippen LogP contribution in [-0.4, -0.2) is 20.2 Å². The van der Waals surface area contributed by atoms with E-state index in [0.717, 1.165) is 26.1 Å². The lowest BCUT2D eigenvalue weighted by molar-refractivity contribution is 0.835. The van der Waals surface area contributed by atoms with Crippen LogP contribution >= 0.6 is 22.7 Å². The Balaban J connectivity index is 2.12. The summed E-state index contributed by atoms with van der Waals surface area (Å²) in [4.78, 5) is 9.93. The van der Waals surface area contributed by atoms with Crippen LogP contribution in [-0.2, 0) is 0 Å². The fourth-order valence-corrected chi connectivity index (χ4v) is 3.71. The van der Waals surface area contributed by atoms with Crippen LogP contribution in [0.4, 0.5) is 5.13 Å². The lowest BCUT2D eigenvalue weighted by atomic mass is 10.1. The highest BCUT2D eigenvalue weighted by molar-refractivity contribution is 7.24. The van der Waals surface area contributed by atoms with Crippen molar-refractivity contribution in [2.24, 2.45) is 0 Å². The molecule has 0 atom stereocenters. The molecule has 0 saturated carbocycles. The maximum Gasteiger partial charge on any atom is 0.203 e. The fourth-order valence-electron chi connectivity index (χ4n) is 1.82. The standard InChI is InChI=1S/C13H13N5S2/c1-7(2)9-10(12-17-18-13(14)20-12)19-11(16-9)8-4-3-5-15-6-8/h3-7H,1-2H3,(H2,14,18). The number of pyridine rings is 1. The lowest BCUT2D eigenvalue weighted by Gasteiger charge is -2.01. The van der Waals surface area contributed by atoms with Gasteiger partial charge in [-0.25, -0.2) is 4.98 Å². The summed E-state index contributed by atoms with van der Waals surface area (Å²) in [7, 11) is 0. The van der Waals surface area contributed by atoms with Crippen LogP contribution in [0, 0.1) is 0 Å². The molecule has 3 heterocycles. The first-order chi connectivity index (χ1) is 9.65. The summed E-state index contributed by atoms with van der Waals surface area (Å²) in [5.74, 6) is 0.316. The van der Waals surface area contributed by atoms with Gasteiger partial charge in [-0.1, -0.05) is 25.2 Å². The van der Waals surface area contributed by atoms with Crippen LogP contribution in [0.3, 0.4) is 0 Å². The Morgan fingerprint density at radius 2 is 2.00 bits per heavy atom. The third-order valence-electron chi connectivity index (χ3n) is 2.74. The topological polar surface area (TPSA) is 77.6 Å². The van der Waals surface area contributed by atoms with Crippen LogP contribution in [0.1, 0.15) is 25.5 Å². The zero-order valence-corrected chi connectivity index (χ0v) is 12.7. The first-order valence-corrected chi connectivity index (χ1v) is 7.79. The van der Waals surface area contributed by atoms with E-state index in [2.05, 4.69) is 29.0 Å². The second kappa shape index (κ2) is 5.26. The summed E-state index contributed by atoms with van der Waals surface area (Å²) in [6.45, 7) is 4.24. The molecule has 3 aromatic heterocycles. The number of thiazole rings is 1. The molecule has 0 aliphatic heterocycles. The van der Waals surface area contributed by atoms with E-state index in [0.29, 0.717) is 11.0 Å². The molecule has 0 aliphatic rings. The van der Waals surface area contributed by atoms with Crippen LogP contribution in [0.5, 0.6) is 0 Å². The van der Waals surface area contributed by atoms with E-state index in [9.17, 15) is 0 Å². The van der Waals surface area contributed by atoms with Gasteiger partial charge in [0.1, 0.15) is 5.01 Å². The Hall–Kier alpha value is -1.86. The Bertz CT molecular complexity index is 717. The van der Waals surface area contributed by atoms with Crippen molar-refractivity contribution in [2.75, 3.05) is 5.73 Å². The third-order valence-corrected chi connectivity index (χ3v) is 4.77. The minimum absolute atomic E-state index is 0.316. The monoisotopic (exact) mass is 303 g/mol. The normalized spacial score (nSPS) is 11.2. The predicted molar refractivity (Wildman–Crippen MR) is 82.7 cm³/mol. The van der Waals surface area contributed by atoms with E-state index in [4.69, 9.17) is 10.7 Å². The van der Waals surface area contributed by atoms with E-state index in [1.54, 1.807) is 17.5 Å². The molecule has 0 aromatic carbocycles. The highest BCUT2D eigenvalue weighted by Crippen LogP contribution is 2.39. The Morgan fingerprint density at radius 3 is 2.60 bits per heavy atom. The number of nitrogen functional groups attached to an aromatic ring is 1. The van der Waals surface area contributed by atoms with E-state index in [1.807, 2.05) is 18.3 Å². The maximum atomic E-state index is 5.68. The smallest absolute Gasteiger partial charge is 0.203 e. The van der Waals surface area contributed by atoms with Gasteiger partial charge in [0.15, 0.2) is 5.01 Å². The first kappa shape index (κ1) is 13.1. The van der Waals surface area contributed by atoms with Crippen LogP contribution in [0.15, 0.2) is 24.5 Å². The molecular formula is C13H13N5S2. The van der Waals surface area contributed by atoms with Crippen molar-refractivity contribution in [2.45, 2.75) is 19.8 Å². The van der Waals surface area contributed by atoms with Crippen molar-refractivity contribution in [3.63, 3.8) is 0 Å². The van der Waals surface area contributed by atoms with E-state index in [-0.39, 0.29) is 0 Å². The molecule has 0 spiro atoms. The minimum Gasteiger partial charge on any atom is -0.374 e. The summed E-state index contributed by atoms with van der Waals surface area (Å²) in [6.07, 6.45) is 3.58. The fraction of sp³-hybridized carbons (Fsp3) is 0.231. The number of nitrogens with two attached hydrogens (primary N) is 1. The van der Waals surface area contributed by atoms with Gasteiger partial charge in [-0.05, 0) is 18.1 Å². The number of hydrogen-bond acceptors (Lipinski definition) is 7. The van der Waals surface area contributed by atoms with Gasteiger partial charge in [0, 0.05) is 18.0 Å². The molecule has 3 rings (SSSR count). The highest BCUT2D eigenvalue weighted by Gasteiger charge is 2.19. The van der Waals surface area contributed by atoms with Crippen LogP contribution in [0.25, 0.3) is 20.5 Å². The minimum atomic E-state index is 0.316. The van der Waals surface area contributed by atoms with Gasteiger partial charge in [0.05, 0.1) is 10.6 Å². The second-order valence-electron chi connectivity index (χ2n) is 4.58. The summed E-state index contributed by atoms with van der Waals surface area (Å²) >= 11 is 3.00. The summed E-state index contributed by atoms with van der Waals surface area (Å²) in [5.41, 5.74) is 7.73. The molecule has 0 fully saturated rings. The van der Waals surface area contributed by atoms with Crippen molar-refractivity contribution < 1.29 is 0 Å². The van der Waals surface area contributed by atoms with Crippen molar-refractivity contribution in [1.82, 2.24) is 20.2 Å². The molecule has 0 radical (unpaired) electrons. The average Bonchev–Trinajstić information content (AvgIpc) is 3.05. The molecular weight excluding hydrogens is 290 g/mol. The van der Waals surface area contributed by atoms with Crippen molar-refractivity contribution in [3.05, 3.63) is 30.2 Å². The van der Waals surface area contributed by atoms with Gasteiger partial charge >= 0.3 is 0 Å². The Labute approximate surface area is 124 Å². The molecule has 0 aliphatic carbocycles. The molecule has 0 amide bonds. The molecule has 0 saturated heterocycles. The molecule has 0 bridgehead atoms. The van der Waals surface area contributed by atoms with Gasteiger partial charge in [-0.3, -0.25) is 4.98 Å². The van der Waals surface area contributed by atoms with E-state index in [1.165, 1.54) is 11.3 Å². The summed E-state index contributed by atoms with van der Waals surface area (Å²) in [5, 5.41) is 10.3. The molecule has 0 unspecified atom stereocenters. The molecule has 5 nitrogen and oxygen atoms in total. The summed E-state index contributed by atoms with van der Waals surface area (Å²) in [6, 6.07) is 3.92. The highest BCUT2D eigenvalue weighted by atomic mass is 32.1. The Morgan fingerprint density at radius 1 is 1.15 bits per heavy atom. The van der Waals surface area contributed by atoms with E-state index >= 15 is 0 Å². The maximum absolute atomic E-state index is 5.68.